The van der Waals surface area contributed by atoms with E-state index in [1.807, 2.05) is 0 Å². The Kier molecular flexibility index (Phi) is 4.43. The Morgan fingerprint density at radius 2 is 1.75 bits per heavy atom. The van der Waals surface area contributed by atoms with Crippen molar-refractivity contribution in [2.45, 2.75) is 18.1 Å². The number of nitrogens with one attached hydrogen (secondary N) is 1. The van der Waals surface area contributed by atoms with Crippen molar-refractivity contribution in [1.29, 1.82) is 0 Å². The highest BCUT2D eigenvalue weighted by molar-refractivity contribution is 7.89. The van der Waals surface area contributed by atoms with E-state index in [2.05, 4.69) is 9.71 Å². The van der Waals surface area contributed by atoms with Gasteiger partial charge < -0.3 is 5.73 Å². The molecule has 0 spiro atoms. The van der Waals surface area contributed by atoms with Crippen LogP contribution in [0.3, 0.4) is 0 Å². The molecule has 0 aliphatic heterocycles. The van der Waals surface area contributed by atoms with Crippen molar-refractivity contribution in [3.63, 3.8) is 0 Å². The van der Waals surface area contributed by atoms with Crippen LogP contribution in [0.2, 0.25) is 0 Å². The first kappa shape index (κ1) is 14.6. The van der Waals surface area contributed by atoms with Gasteiger partial charge in [0.15, 0.2) is 5.03 Å². The zero-order valence-electron chi connectivity index (χ0n) is 10.6. The molecule has 1 aromatic heterocycles. The number of rotatable bonds is 5. The average Bonchev–Trinajstić information content (AvgIpc) is 2.47. The zero-order chi connectivity index (χ0) is 14.6. The normalized spacial score (nSPS) is 11.5. The highest BCUT2D eigenvalue weighted by Gasteiger charge is 2.14. The Bertz CT molecular complexity index is 670. The predicted molar refractivity (Wildman–Crippen MR) is 72.6 cm³/mol. The Balaban J connectivity index is 2.08. The Morgan fingerprint density at radius 3 is 2.30 bits per heavy atom. The van der Waals surface area contributed by atoms with E-state index in [1.54, 1.807) is 6.07 Å². The van der Waals surface area contributed by atoms with E-state index in [1.165, 1.54) is 36.5 Å². The largest absolute Gasteiger partial charge is 0.326 e. The molecule has 5 nitrogen and oxygen atoms in total. The van der Waals surface area contributed by atoms with Crippen molar-refractivity contribution >= 4 is 10.0 Å². The Hall–Kier alpha value is -1.83. The van der Waals surface area contributed by atoms with Crippen LogP contribution >= 0.6 is 0 Å². The quantitative estimate of drug-likeness (QED) is 0.866. The molecule has 20 heavy (non-hydrogen) atoms. The molecule has 2 aromatic rings. The van der Waals surface area contributed by atoms with E-state index >= 15 is 0 Å². The molecule has 0 unspecified atom stereocenters. The van der Waals surface area contributed by atoms with Gasteiger partial charge in [0.2, 0.25) is 0 Å². The van der Waals surface area contributed by atoms with Crippen LogP contribution in [-0.2, 0) is 23.1 Å². The maximum Gasteiger partial charge on any atom is 0.258 e. The lowest BCUT2D eigenvalue weighted by Crippen LogP contribution is -2.24. The number of aromatic nitrogens is 1. The van der Waals surface area contributed by atoms with Gasteiger partial charge in [0.25, 0.3) is 10.0 Å². The van der Waals surface area contributed by atoms with Crippen LogP contribution in [0.25, 0.3) is 0 Å². The van der Waals surface area contributed by atoms with E-state index in [-0.39, 0.29) is 17.4 Å². The van der Waals surface area contributed by atoms with Crippen molar-refractivity contribution in [3.8, 4) is 0 Å². The monoisotopic (exact) mass is 295 g/mol. The second-order valence-electron chi connectivity index (χ2n) is 4.16. The predicted octanol–water partition coefficient (Wildman–Crippen LogP) is 1.16. The molecule has 0 aliphatic carbocycles. The number of hydrogen-bond acceptors (Lipinski definition) is 4. The fourth-order valence-corrected chi connectivity index (χ4v) is 2.49. The van der Waals surface area contributed by atoms with Gasteiger partial charge in [-0.25, -0.2) is 22.5 Å². The highest BCUT2D eigenvalue weighted by Crippen LogP contribution is 2.08. The summed E-state index contributed by atoms with van der Waals surface area (Å²) in [4.78, 5) is 3.86. The van der Waals surface area contributed by atoms with Gasteiger partial charge in [-0.2, -0.15) is 0 Å². The molecule has 2 rings (SSSR count). The lowest BCUT2D eigenvalue weighted by atomic mass is 10.2. The standard InChI is InChI=1S/C13H14FN3O2S/c14-12-4-1-10(2-5-12)9-17-20(18,19)13-6-3-11(7-15)8-16-13/h1-6,8,17H,7,9,15H2. The van der Waals surface area contributed by atoms with Crippen LogP contribution in [0, 0.1) is 5.82 Å². The molecular formula is C13H14FN3O2S. The van der Waals surface area contributed by atoms with E-state index in [4.69, 9.17) is 5.73 Å². The van der Waals surface area contributed by atoms with Crippen molar-refractivity contribution in [3.05, 3.63) is 59.5 Å². The van der Waals surface area contributed by atoms with Gasteiger partial charge in [0, 0.05) is 19.3 Å². The maximum absolute atomic E-state index is 12.7. The number of benzene rings is 1. The maximum atomic E-state index is 12.7. The number of nitrogens with two attached hydrogens (primary N) is 1. The van der Waals surface area contributed by atoms with Gasteiger partial charge in [-0.15, -0.1) is 0 Å². The minimum Gasteiger partial charge on any atom is -0.326 e. The molecular weight excluding hydrogens is 281 g/mol. The van der Waals surface area contributed by atoms with Crippen molar-refractivity contribution in [2.75, 3.05) is 0 Å². The fraction of sp³-hybridized carbons (Fsp3) is 0.154. The van der Waals surface area contributed by atoms with Gasteiger partial charge in [0.1, 0.15) is 5.82 Å². The van der Waals surface area contributed by atoms with Gasteiger partial charge in [-0.1, -0.05) is 18.2 Å². The topological polar surface area (TPSA) is 85.1 Å². The molecule has 0 fully saturated rings. The molecule has 7 heteroatoms. The third kappa shape index (κ3) is 3.60. The molecule has 1 aromatic carbocycles. The third-order valence-corrected chi connectivity index (χ3v) is 4.00. The minimum absolute atomic E-state index is 0.0724. The number of nitrogens with zero attached hydrogens (tertiary/aromatic N) is 1. The number of halogens is 1. The van der Waals surface area contributed by atoms with Crippen LogP contribution < -0.4 is 10.5 Å². The lowest BCUT2D eigenvalue weighted by Gasteiger charge is -2.06. The van der Waals surface area contributed by atoms with Crippen LogP contribution in [0.5, 0.6) is 0 Å². The first-order chi connectivity index (χ1) is 9.51. The summed E-state index contributed by atoms with van der Waals surface area (Å²) in [6.07, 6.45) is 1.42. The van der Waals surface area contributed by atoms with Gasteiger partial charge in [0.05, 0.1) is 0 Å². The average molecular weight is 295 g/mol. The summed E-state index contributed by atoms with van der Waals surface area (Å²) in [5, 5.41) is -0.0724. The van der Waals surface area contributed by atoms with E-state index in [9.17, 15) is 12.8 Å². The smallest absolute Gasteiger partial charge is 0.258 e. The number of hydrogen-bond donors (Lipinski definition) is 2. The number of sulfonamides is 1. The van der Waals surface area contributed by atoms with Gasteiger partial charge >= 0.3 is 0 Å². The zero-order valence-corrected chi connectivity index (χ0v) is 11.4. The minimum atomic E-state index is -3.69. The summed E-state index contributed by atoms with van der Waals surface area (Å²) in [7, 11) is -3.69. The molecule has 0 saturated heterocycles. The summed E-state index contributed by atoms with van der Waals surface area (Å²) in [6, 6.07) is 8.59. The molecule has 0 saturated carbocycles. The van der Waals surface area contributed by atoms with E-state index < -0.39 is 10.0 Å². The molecule has 0 atom stereocenters. The van der Waals surface area contributed by atoms with E-state index in [0.29, 0.717) is 12.1 Å². The molecule has 0 radical (unpaired) electrons. The van der Waals surface area contributed by atoms with E-state index in [0.717, 1.165) is 5.56 Å². The summed E-state index contributed by atoms with van der Waals surface area (Å²) < 4.78 is 39.1. The highest BCUT2D eigenvalue weighted by atomic mass is 32.2. The summed E-state index contributed by atoms with van der Waals surface area (Å²) in [5.74, 6) is -0.365. The van der Waals surface area contributed by atoms with Crippen molar-refractivity contribution in [2.24, 2.45) is 5.73 Å². The lowest BCUT2D eigenvalue weighted by molar-refractivity contribution is 0.577. The molecule has 1 heterocycles. The third-order valence-electron chi connectivity index (χ3n) is 2.69. The molecule has 3 N–H and O–H groups in total. The SMILES string of the molecule is NCc1ccc(S(=O)(=O)NCc2ccc(F)cc2)nc1. The first-order valence-electron chi connectivity index (χ1n) is 5.90. The second kappa shape index (κ2) is 6.08. The van der Waals surface area contributed by atoms with Crippen LogP contribution in [0.15, 0.2) is 47.6 Å². The van der Waals surface area contributed by atoms with Crippen molar-refractivity contribution < 1.29 is 12.8 Å². The van der Waals surface area contributed by atoms with Crippen LogP contribution in [0.4, 0.5) is 4.39 Å². The van der Waals surface area contributed by atoms with Gasteiger partial charge in [-0.3, -0.25) is 0 Å². The second-order valence-corrected chi connectivity index (χ2v) is 5.87. The fourth-order valence-electron chi connectivity index (χ4n) is 1.55. The van der Waals surface area contributed by atoms with Crippen LogP contribution in [0.1, 0.15) is 11.1 Å². The van der Waals surface area contributed by atoms with Crippen LogP contribution in [-0.4, -0.2) is 13.4 Å². The van der Waals surface area contributed by atoms with Crippen molar-refractivity contribution in [1.82, 2.24) is 9.71 Å². The Morgan fingerprint density at radius 1 is 1.10 bits per heavy atom. The molecule has 0 bridgehead atoms. The number of pyridine rings is 1. The van der Waals surface area contributed by atoms with Gasteiger partial charge in [-0.05, 0) is 29.3 Å². The summed E-state index contributed by atoms with van der Waals surface area (Å²) >= 11 is 0. The molecule has 0 amide bonds. The molecule has 0 aliphatic rings. The summed E-state index contributed by atoms with van der Waals surface area (Å²) in [5.41, 5.74) is 6.83. The Labute approximate surface area is 116 Å². The first-order valence-corrected chi connectivity index (χ1v) is 7.39. The summed E-state index contributed by atoms with van der Waals surface area (Å²) in [6.45, 7) is 0.374. The molecule has 106 valence electrons.